The zero-order chi connectivity index (χ0) is 16.4. The minimum atomic E-state index is -0.130. The predicted octanol–water partition coefficient (Wildman–Crippen LogP) is 1.08. The molecule has 23 heavy (non-hydrogen) atoms. The summed E-state index contributed by atoms with van der Waals surface area (Å²) in [4.78, 5) is 33.1. The van der Waals surface area contributed by atoms with Crippen LogP contribution in [0.15, 0.2) is 27.7 Å². The lowest BCUT2D eigenvalue weighted by Gasteiger charge is -2.09. The molecule has 0 saturated carbocycles. The van der Waals surface area contributed by atoms with Crippen LogP contribution in [0.4, 0.5) is 0 Å². The van der Waals surface area contributed by atoms with Gasteiger partial charge in [0, 0.05) is 22.9 Å². The largest absolute Gasteiger partial charge is 0.354 e. The highest BCUT2D eigenvalue weighted by atomic mass is 32.1. The molecular formula is C15H17N4O2S2+. The molecule has 1 amide bonds. The number of quaternary nitrogens is 1. The van der Waals surface area contributed by atoms with E-state index < -0.39 is 0 Å². The molecule has 0 saturated heterocycles. The van der Waals surface area contributed by atoms with E-state index in [4.69, 9.17) is 0 Å². The van der Waals surface area contributed by atoms with Gasteiger partial charge in [-0.2, -0.15) is 0 Å². The highest BCUT2D eigenvalue weighted by molar-refractivity contribution is 7.18. The number of nitrogens with one attached hydrogen (secondary N) is 2. The fraction of sp³-hybridized carbons (Fsp3) is 0.267. The molecule has 3 aromatic rings. The summed E-state index contributed by atoms with van der Waals surface area (Å²) < 4.78 is 0. The predicted molar refractivity (Wildman–Crippen MR) is 92.8 cm³/mol. The Kier molecular flexibility index (Phi) is 4.56. The lowest BCUT2D eigenvalue weighted by molar-refractivity contribution is -0.683. The van der Waals surface area contributed by atoms with Gasteiger partial charge in [-0.05, 0) is 18.4 Å². The maximum Gasteiger partial charge on any atom is 0.274 e. The van der Waals surface area contributed by atoms with Crippen molar-refractivity contribution in [1.29, 1.82) is 0 Å². The molecule has 8 heteroatoms. The molecule has 0 aliphatic heterocycles. The monoisotopic (exact) mass is 349 g/mol. The number of nitrogens with zero attached hydrogens (tertiary/aromatic N) is 1. The van der Waals surface area contributed by atoms with E-state index in [0.29, 0.717) is 17.8 Å². The first-order valence-electron chi connectivity index (χ1n) is 7.19. The molecule has 0 fully saturated rings. The van der Waals surface area contributed by atoms with Crippen molar-refractivity contribution in [3.05, 3.63) is 39.1 Å². The van der Waals surface area contributed by atoms with Gasteiger partial charge < -0.3 is 15.6 Å². The van der Waals surface area contributed by atoms with Crippen LogP contribution in [0.2, 0.25) is 0 Å². The van der Waals surface area contributed by atoms with Crippen LogP contribution in [-0.4, -0.2) is 29.5 Å². The number of thiophene rings is 2. The Balaban J connectivity index is 1.94. The van der Waals surface area contributed by atoms with Gasteiger partial charge in [0.15, 0.2) is 12.4 Å². The Hall–Kier alpha value is -2.03. The molecule has 120 valence electrons. The third kappa shape index (κ3) is 3.19. The van der Waals surface area contributed by atoms with Crippen molar-refractivity contribution < 1.29 is 10.1 Å². The van der Waals surface area contributed by atoms with E-state index in [1.807, 2.05) is 35.1 Å². The molecule has 0 aliphatic carbocycles. The molecule has 0 radical (unpaired) electrons. The zero-order valence-corrected chi connectivity index (χ0v) is 14.4. The highest BCUT2D eigenvalue weighted by Gasteiger charge is 2.18. The molecule has 0 bridgehead atoms. The number of likely N-dealkylation sites (N-methyl/N-ethyl adjacent to an activating group) is 1. The number of fused-ring (bicyclic) bond motifs is 1. The van der Waals surface area contributed by atoms with Crippen LogP contribution in [0.1, 0.15) is 18.8 Å². The zero-order valence-electron chi connectivity index (χ0n) is 12.8. The topological polar surface area (TPSA) is 91.5 Å². The molecule has 3 aromatic heterocycles. The lowest BCUT2D eigenvalue weighted by Crippen LogP contribution is -2.87. The van der Waals surface area contributed by atoms with E-state index in [2.05, 4.69) is 15.3 Å². The minimum absolute atomic E-state index is 0.0589. The number of rotatable bonds is 5. The van der Waals surface area contributed by atoms with Crippen molar-refractivity contribution in [3.63, 3.8) is 0 Å². The third-order valence-electron chi connectivity index (χ3n) is 3.62. The first-order valence-corrected chi connectivity index (χ1v) is 8.95. The number of hydrogen-bond acceptors (Lipinski definition) is 5. The molecule has 3 rings (SSSR count). The van der Waals surface area contributed by atoms with Gasteiger partial charge in [0.25, 0.3) is 11.5 Å². The van der Waals surface area contributed by atoms with E-state index in [-0.39, 0.29) is 17.5 Å². The SMILES string of the molecule is CNC(=O)C[NH2+][C@H](C)c1nc2scc(-c3cccs3)c2c(=O)[nH]1. The lowest BCUT2D eigenvalue weighted by atomic mass is 10.2. The van der Waals surface area contributed by atoms with Crippen molar-refractivity contribution >= 4 is 38.8 Å². The first-order chi connectivity index (χ1) is 11.1. The van der Waals surface area contributed by atoms with E-state index >= 15 is 0 Å². The fourth-order valence-electron chi connectivity index (χ4n) is 2.29. The maximum atomic E-state index is 12.5. The van der Waals surface area contributed by atoms with Gasteiger partial charge in [0.2, 0.25) is 0 Å². The summed E-state index contributed by atoms with van der Waals surface area (Å²) in [6, 6.07) is 3.87. The Morgan fingerprint density at radius 2 is 2.30 bits per heavy atom. The third-order valence-corrected chi connectivity index (χ3v) is 5.39. The number of carbonyl (C=O) groups is 1. The summed E-state index contributed by atoms with van der Waals surface area (Å²) in [6.07, 6.45) is 0. The number of aromatic amines is 1. The van der Waals surface area contributed by atoms with Gasteiger partial charge in [-0.15, -0.1) is 22.7 Å². The van der Waals surface area contributed by atoms with E-state index in [1.54, 1.807) is 18.4 Å². The second kappa shape index (κ2) is 6.61. The average Bonchev–Trinajstić information content (AvgIpc) is 3.20. The number of amides is 1. The van der Waals surface area contributed by atoms with Crippen molar-refractivity contribution in [2.75, 3.05) is 13.6 Å². The van der Waals surface area contributed by atoms with Gasteiger partial charge in [-0.3, -0.25) is 9.59 Å². The van der Waals surface area contributed by atoms with Crippen LogP contribution in [0.5, 0.6) is 0 Å². The smallest absolute Gasteiger partial charge is 0.274 e. The molecule has 3 heterocycles. The van der Waals surface area contributed by atoms with E-state index in [1.165, 1.54) is 11.3 Å². The van der Waals surface area contributed by atoms with E-state index in [0.717, 1.165) is 15.3 Å². The number of hydrogen-bond donors (Lipinski definition) is 3. The quantitative estimate of drug-likeness (QED) is 0.644. The number of aromatic nitrogens is 2. The molecular weight excluding hydrogens is 332 g/mol. The Morgan fingerprint density at radius 3 is 3.00 bits per heavy atom. The van der Waals surface area contributed by atoms with Gasteiger partial charge in [0.05, 0.1) is 5.39 Å². The van der Waals surface area contributed by atoms with Crippen LogP contribution >= 0.6 is 22.7 Å². The summed E-state index contributed by atoms with van der Waals surface area (Å²) in [6.45, 7) is 2.21. The normalized spacial score (nSPS) is 12.4. The van der Waals surface area contributed by atoms with Crippen molar-refractivity contribution in [2.45, 2.75) is 13.0 Å². The van der Waals surface area contributed by atoms with Crippen LogP contribution in [0.3, 0.4) is 0 Å². The van der Waals surface area contributed by atoms with Gasteiger partial charge in [-0.25, -0.2) is 4.98 Å². The standard InChI is InChI=1S/C15H16N4O2S2/c1-8(17-6-11(20)16-2)13-18-14(21)12-9(7-23-15(12)19-13)10-4-3-5-22-10/h3-5,7-8,17H,6H2,1-2H3,(H,16,20)(H,18,19,21)/p+1/t8-/m1/s1. The van der Waals surface area contributed by atoms with Crippen LogP contribution in [0, 0.1) is 0 Å². The Bertz CT molecular complexity index is 883. The molecule has 0 aromatic carbocycles. The van der Waals surface area contributed by atoms with Crippen LogP contribution in [0.25, 0.3) is 20.7 Å². The summed E-state index contributed by atoms with van der Waals surface area (Å²) in [7, 11) is 1.60. The van der Waals surface area contributed by atoms with Gasteiger partial charge in [-0.1, -0.05) is 6.07 Å². The average molecular weight is 349 g/mol. The molecule has 0 aliphatic rings. The Labute approximate surface area is 140 Å². The fourth-order valence-corrected chi connectivity index (χ4v) is 4.06. The second-order valence-corrected chi connectivity index (χ2v) is 6.97. The molecule has 4 N–H and O–H groups in total. The number of H-pyrrole nitrogens is 1. The molecule has 6 nitrogen and oxygen atoms in total. The first kappa shape index (κ1) is 15.9. The van der Waals surface area contributed by atoms with E-state index in [9.17, 15) is 9.59 Å². The highest BCUT2D eigenvalue weighted by Crippen LogP contribution is 2.33. The number of nitrogens with two attached hydrogens (primary N) is 1. The van der Waals surface area contributed by atoms with Crippen molar-refractivity contribution in [2.24, 2.45) is 0 Å². The van der Waals surface area contributed by atoms with Gasteiger partial charge >= 0.3 is 0 Å². The molecule has 0 spiro atoms. The molecule has 0 unspecified atom stereocenters. The summed E-state index contributed by atoms with van der Waals surface area (Å²) in [5.74, 6) is 0.530. The van der Waals surface area contributed by atoms with Gasteiger partial charge in [0.1, 0.15) is 10.9 Å². The summed E-state index contributed by atoms with van der Waals surface area (Å²) >= 11 is 3.07. The summed E-state index contributed by atoms with van der Waals surface area (Å²) in [5, 5.41) is 9.02. The Morgan fingerprint density at radius 1 is 1.48 bits per heavy atom. The van der Waals surface area contributed by atoms with Crippen LogP contribution in [-0.2, 0) is 4.79 Å². The second-order valence-electron chi connectivity index (χ2n) is 5.16. The minimum Gasteiger partial charge on any atom is -0.354 e. The molecule has 1 atom stereocenters. The van der Waals surface area contributed by atoms with Crippen molar-refractivity contribution in [1.82, 2.24) is 15.3 Å². The maximum absolute atomic E-state index is 12.5. The number of carbonyl (C=O) groups excluding carboxylic acids is 1. The van der Waals surface area contributed by atoms with Crippen LogP contribution < -0.4 is 16.2 Å². The van der Waals surface area contributed by atoms with Crippen molar-refractivity contribution in [3.8, 4) is 10.4 Å². The summed E-state index contributed by atoms with van der Waals surface area (Å²) in [5.41, 5.74) is 0.803.